The molecule has 38 valence electrons. The van der Waals surface area contributed by atoms with Crippen LogP contribution in [0.3, 0.4) is 0 Å². The molecule has 1 aromatic rings. The predicted octanol–water partition coefficient (Wildman–Crippen LogP) is 1.97. The van der Waals surface area contributed by atoms with Gasteiger partial charge in [-0.15, -0.1) is 11.3 Å². The monoisotopic (exact) mass is 152 g/mol. The molecule has 4 heteroatoms. The molecule has 0 aliphatic carbocycles. The Balaban J connectivity index is 3.04. The second kappa shape index (κ2) is 2.17. The van der Waals surface area contributed by atoms with Gasteiger partial charge in [-0.3, -0.25) is 0 Å². The van der Waals surface area contributed by atoms with Gasteiger partial charge in [-0.05, 0) is 14.0 Å². The third-order valence-electron chi connectivity index (χ3n) is 0.495. The quantitative estimate of drug-likeness (QED) is 0.498. The summed E-state index contributed by atoms with van der Waals surface area (Å²) in [7, 11) is 3.17. The molecule has 7 heavy (non-hydrogen) atoms. The highest BCUT2D eigenvalue weighted by Gasteiger charge is 1.90. The first kappa shape index (κ1) is 5.62. The fraction of sp³-hybridized carbons (Fsp3) is 0. The van der Waals surface area contributed by atoms with E-state index < -0.39 is 0 Å². The molecule has 1 heterocycles. The van der Waals surface area contributed by atoms with Crippen molar-refractivity contribution in [2.45, 2.75) is 0 Å². The van der Waals surface area contributed by atoms with Crippen molar-refractivity contribution in [3.63, 3.8) is 0 Å². The molecule has 0 aliphatic rings. The SMILES string of the molecule is Fc1pcc(P)s1. The summed E-state index contributed by atoms with van der Waals surface area (Å²) < 4.78 is 13.0. The second-order valence-electron chi connectivity index (χ2n) is 1.02. The molecule has 0 fully saturated rings. The van der Waals surface area contributed by atoms with Crippen molar-refractivity contribution in [1.29, 1.82) is 0 Å². The molecule has 0 aliphatic heterocycles. The highest BCUT2D eigenvalue weighted by Crippen LogP contribution is 2.17. The standard InChI is InChI=1S/C3H3FP2S/c4-3-6-1-2(5)7-3/h1H,5H2. The Kier molecular flexibility index (Phi) is 1.74. The van der Waals surface area contributed by atoms with E-state index in [9.17, 15) is 4.39 Å². The van der Waals surface area contributed by atoms with Crippen molar-refractivity contribution < 1.29 is 4.39 Å². The maximum atomic E-state index is 12.0. The predicted molar refractivity (Wildman–Crippen MR) is 36.1 cm³/mol. The zero-order valence-electron chi connectivity index (χ0n) is 3.39. The maximum Gasteiger partial charge on any atom is 0.203 e. The number of rotatable bonds is 0. The number of halogens is 1. The van der Waals surface area contributed by atoms with Gasteiger partial charge in [0.15, 0.2) is 0 Å². The molecule has 0 aromatic carbocycles. The largest absolute Gasteiger partial charge is 0.203 e. The smallest absolute Gasteiger partial charge is 0.190 e. The van der Waals surface area contributed by atoms with E-state index in [1.165, 1.54) is 11.3 Å². The van der Waals surface area contributed by atoms with Gasteiger partial charge in [0.2, 0.25) is 4.86 Å². The third kappa shape index (κ3) is 1.45. The molecular weight excluding hydrogens is 149 g/mol. The Bertz CT molecular complexity index is 145. The third-order valence-corrected chi connectivity index (χ3v) is 3.19. The summed E-state index contributed by atoms with van der Waals surface area (Å²) in [4.78, 5) is -0.0231. The first-order valence-corrected chi connectivity index (χ1v) is 4.01. The van der Waals surface area contributed by atoms with Crippen LogP contribution in [-0.4, -0.2) is 0 Å². The van der Waals surface area contributed by atoms with Gasteiger partial charge in [0.25, 0.3) is 0 Å². The molecule has 1 aromatic heterocycles. The van der Waals surface area contributed by atoms with Gasteiger partial charge in [-0.2, -0.15) is 4.39 Å². The van der Waals surface area contributed by atoms with Crippen molar-refractivity contribution >= 4 is 33.4 Å². The lowest BCUT2D eigenvalue weighted by Crippen LogP contribution is -1.68. The van der Waals surface area contributed by atoms with Crippen LogP contribution in [0.25, 0.3) is 0 Å². The summed E-state index contributed by atoms with van der Waals surface area (Å²) in [6, 6.07) is 0. The summed E-state index contributed by atoms with van der Waals surface area (Å²) in [6.07, 6.45) is 0. The number of hydrogen-bond acceptors (Lipinski definition) is 1. The summed E-state index contributed by atoms with van der Waals surface area (Å²) >= 11 is 1.18. The molecule has 1 rings (SSSR count). The highest BCUT2D eigenvalue weighted by molar-refractivity contribution is 7.51. The average molecular weight is 152 g/mol. The van der Waals surface area contributed by atoms with E-state index in [1.807, 2.05) is 5.80 Å². The van der Waals surface area contributed by atoms with Crippen LogP contribution in [0.2, 0.25) is 0 Å². The minimum absolute atomic E-state index is 0.0231. The summed E-state index contributed by atoms with van der Waals surface area (Å²) in [6.45, 7) is 0. The van der Waals surface area contributed by atoms with E-state index in [2.05, 4.69) is 9.24 Å². The molecule has 0 saturated heterocycles. The van der Waals surface area contributed by atoms with Gasteiger partial charge >= 0.3 is 0 Å². The van der Waals surface area contributed by atoms with Gasteiger partial charge in [0.1, 0.15) is 0 Å². The Morgan fingerprint density at radius 1 is 1.86 bits per heavy atom. The van der Waals surface area contributed by atoms with E-state index >= 15 is 0 Å². The van der Waals surface area contributed by atoms with Crippen LogP contribution in [0, 0.1) is 4.86 Å². The molecule has 0 amide bonds. The summed E-state index contributed by atoms with van der Waals surface area (Å²) in [5.41, 5.74) is 0. The van der Waals surface area contributed by atoms with E-state index in [0.29, 0.717) is 8.19 Å². The molecule has 0 saturated carbocycles. The summed E-state index contributed by atoms with van der Waals surface area (Å²) in [5, 5.41) is 0. The molecule has 0 radical (unpaired) electrons. The Morgan fingerprint density at radius 3 is 2.71 bits per heavy atom. The average Bonchev–Trinajstić information content (AvgIpc) is 1.87. The van der Waals surface area contributed by atoms with Gasteiger partial charge in [0, 0.05) is 4.62 Å². The van der Waals surface area contributed by atoms with Crippen molar-refractivity contribution in [3.8, 4) is 0 Å². The van der Waals surface area contributed by atoms with Crippen LogP contribution in [-0.2, 0) is 0 Å². The van der Waals surface area contributed by atoms with Crippen LogP contribution in [0.1, 0.15) is 0 Å². The van der Waals surface area contributed by atoms with Gasteiger partial charge in [-0.1, -0.05) is 9.24 Å². The molecule has 1 atom stereocenters. The Labute approximate surface area is 49.1 Å². The lowest BCUT2D eigenvalue weighted by molar-refractivity contribution is 0.683. The minimum Gasteiger partial charge on any atom is -0.190 e. The van der Waals surface area contributed by atoms with Gasteiger partial charge in [-0.25, -0.2) is 0 Å². The molecule has 0 spiro atoms. The zero-order valence-corrected chi connectivity index (χ0v) is 6.25. The van der Waals surface area contributed by atoms with Crippen molar-refractivity contribution in [2.24, 2.45) is 0 Å². The van der Waals surface area contributed by atoms with E-state index in [0.717, 1.165) is 4.62 Å². The lowest BCUT2D eigenvalue weighted by atomic mass is 11.1. The van der Waals surface area contributed by atoms with E-state index in [-0.39, 0.29) is 4.86 Å². The highest BCUT2D eigenvalue weighted by atomic mass is 32.1. The van der Waals surface area contributed by atoms with Crippen LogP contribution >= 0.6 is 28.8 Å². The maximum absolute atomic E-state index is 12.0. The van der Waals surface area contributed by atoms with Crippen LogP contribution < -0.4 is 4.62 Å². The topological polar surface area (TPSA) is 0 Å². The lowest BCUT2D eigenvalue weighted by Gasteiger charge is -1.67. The second-order valence-corrected chi connectivity index (χ2v) is 4.30. The fourth-order valence-corrected chi connectivity index (χ4v) is 2.57. The van der Waals surface area contributed by atoms with Crippen molar-refractivity contribution in [3.05, 3.63) is 10.7 Å². The Morgan fingerprint density at radius 2 is 2.57 bits per heavy atom. The Hall–Kier alpha value is 0.490. The van der Waals surface area contributed by atoms with E-state index in [4.69, 9.17) is 0 Å². The molecule has 1 unspecified atom stereocenters. The van der Waals surface area contributed by atoms with Gasteiger partial charge < -0.3 is 0 Å². The first-order chi connectivity index (χ1) is 3.29. The van der Waals surface area contributed by atoms with Crippen LogP contribution in [0.5, 0.6) is 0 Å². The normalized spacial score (nSPS) is 10.6. The first-order valence-electron chi connectivity index (χ1n) is 1.66. The fourth-order valence-electron chi connectivity index (χ4n) is 0.264. The molecule has 0 bridgehead atoms. The number of hydrogen-bond donors (Lipinski definition) is 0. The zero-order chi connectivity index (χ0) is 5.28. The van der Waals surface area contributed by atoms with Gasteiger partial charge in [0.05, 0.1) is 0 Å². The summed E-state index contributed by atoms with van der Waals surface area (Å²) in [5.74, 6) is 1.82. The van der Waals surface area contributed by atoms with Crippen molar-refractivity contribution in [1.82, 2.24) is 0 Å². The van der Waals surface area contributed by atoms with Crippen molar-refractivity contribution in [2.75, 3.05) is 0 Å². The molecular formula is C3H3FP2S. The van der Waals surface area contributed by atoms with Crippen LogP contribution in [0.4, 0.5) is 4.39 Å². The molecule has 0 N–H and O–H groups in total. The van der Waals surface area contributed by atoms with Crippen LogP contribution in [0.15, 0.2) is 5.80 Å². The van der Waals surface area contributed by atoms with E-state index in [1.54, 1.807) is 0 Å². The minimum atomic E-state index is -0.0231. The molecule has 0 nitrogen and oxygen atoms in total.